The van der Waals surface area contributed by atoms with E-state index in [1.807, 2.05) is 46.7 Å². The van der Waals surface area contributed by atoms with Crippen molar-refractivity contribution in [3.05, 3.63) is 70.1 Å². The highest BCUT2D eigenvalue weighted by Gasteiger charge is 2.32. The summed E-state index contributed by atoms with van der Waals surface area (Å²) in [5.74, 6) is 0.215. The third-order valence-corrected chi connectivity index (χ3v) is 6.84. The molecule has 0 saturated carbocycles. The predicted molar refractivity (Wildman–Crippen MR) is 117 cm³/mol. The van der Waals surface area contributed by atoms with E-state index in [4.69, 9.17) is 0 Å². The first-order valence-corrected chi connectivity index (χ1v) is 10.9. The number of H-pyrrole nitrogens is 1. The number of benzene rings is 2. The summed E-state index contributed by atoms with van der Waals surface area (Å²) in [6, 6.07) is 16.3. The molecule has 156 valence electrons. The van der Waals surface area contributed by atoms with Crippen LogP contribution in [0.1, 0.15) is 36.9 Å². The van der Waals surface area contributed by atoms with Crippen LogP contribution in [0.5, 0.6) is 0 Å². The van der Waals surface area contributed by atoms with Crippen LogP contribution >= 0.6 is 0 Å². The fraction of sp³-hybridized carbons (Fsp3) is 0.417. The Morgan fingerprint density at radius 1 is 1.00 bits per heavy atom. The molecular formula is C24H28N4O2. The van der Waals surface area contributed by atoms with Gasteiger partial charge in [0.05, 0.1) is 17.1 Å². The summed E-state index contributed by atoms with van der Waals surface area (Å²) in [5, 5.41) is 0. The molecule has 1 atom stereocenters. The maximum atomic E-state index is 13.2. The molecule has 1 saturated heterocycles. The summed E-state index contributed by atoms with van der Waals surface area (Å²) < 4.78 is 1.90. The number of amides is 1. The lowest BCUT2D eigenvalue weighted by molar-refractivity contribution is -0.137. The molecule has 3 heterocycles. The fourth-order valence-corrected chi connectivity index (χ4v) is 5.07. The van der Waals surface area contributed by atoms with Gasteiger partial charge in [-0.1, -0.05) is 36.4 Å². The SMILES string of the molecule is CC(C(=O)N1CCc2ccccc2C1)N1CCC(n2c(=O)[nH]c3ccccc32)CC1. The number of fused-ring (bicyclic) bond motifs is 2. The van der Waals surface area contributed by atoms with Crippen LogP contribution in [0.25, 0.3) is 11.0 Å². The highest BCUT2D eigenvalue weighted by atomic mass is 16.2. The second-order valence-corrected chi connectivity index (χ2v) is 8.54. The van der Waals surface area contributed by atoms with Crippen LogP contribution in [0.15, 0.2) is 53.3 Å². The quantitative estimate of drug-likeness (QED) is 0.730. The van der Waals surface area contributed by atoms with Crippen molar-refractivity contribution >= 4 is 16.9 Å². The summed E-state index contributed by atoms with van der Waals surface area (Å²) in [6.45, 7) is 5.19. The highest BCUT2D eigenvalue weighted by molar-refractivity contribution is 5.81. The number of rotatable bonds is 3. The highest BCUT2D eigenvalue weighted by Crippen LogP contribution is 2.27. The molecule has 6 heteroatoms. The van der Waals surface area contributed by atoms with E-state index < -0.39 is 0 Å². The third-order valence-electron chi connectivity index (χ3n) is 6.84. The van der Waals surface area contributed by atoms with Gasteiger partial charge in [-0.05, 0) is 49.4 Å². The first-order valence-electron chi connectivity index (χ1n) is 10.9. The summed E-state index contributed by atoms with van der Waals surface area (Å²) in [6.07, 6.45) is 2.69. The Hall–Kier alpha value is -2.86. The van der Waals surface area contributed by atoms with Crippen molar-refractivity contribution in [2.75, 3.05) is 19.6 Å². The van der Waals surface area contributed by atoms with E-state index in [-0.39, 0.29) is 23.7 Å². The average molecular weight is 405 g/mol. The Bertz CT molecular complexity index is 1120. The fourth-order valence-electron chi connectivity index (χ4n) is 5.07. The van der Waals surface area contributed by atoms with Gasteiger partial charge in [-0.25, -0.2) is 4.79 Å². The molecule has 2 aliphatic heterocycles. The van der Waals surface area contributed by atoms with Crippen molar-refractivity contribution in [1.82, 2.24) is 19.4 Å². The molecule has 5 rings (SSSR count). The predicted octanol–water partition coefficient (Wildman–Crippen LogP) is 2.94. The molecule has 1 aromatic heterocycles. The number of nitrogens with zero attached hydrogens (tertiary/aromatic N) is 3. The molecular weight excluding hydrogens is 376 g/mol. The van der Waals surface area contributed by atoms with E-state index in [0.717, 1.165) is 49.9 Å². The number of para-hydroxylation sites is 2. The van der Waals surface area contributed by atoms with Gasteiger partial charge in [-0.3, -0.25) is 14.3 Å². The van der Waals surface area contributed by atoms with Crippen LogP contribution in [0.4, 0.5) is 0 Å². The Balaban J connectivity index is 1.25. The molecule has 0 spiro atoms. The van der Waals surface area contributed by atoms with Crippen LogP contribution in [0.3, 0.4) is 0 Å². The molecule has 2 aromatic carbocycles. The van der Waals surface area contributed by atoms with Crippen LogP contribution < -0.4 is 5.69 Å². The van der Waals surface area contributed by atoms with Crippen molar-refractivity contribution in [2.45, 2.75) is 44.8 Å². The summed E-state index contributed by atoms with van der Waals surface area (Å²) in [5.41, 5.74) is 4.45. The number of nitrogens with one attached hydrogen (secondary N) is 1. The maximum absolute atomic E-state index is 13.2. The summed E-state index contributed by atoms with van der Waals surface area (Å²) in [4.78, 5) is 32.9. The van der Waals surface area contributed by atoms with Gasteiger partial charge in [0.1, 0.15) is 0 Å². The zero-order valence-electron chi connectivity index (χ0n) is 17.4. The minimum absolute atomic E-state index is 0.0363. The van der Waals surface area contributed by atoms with Gasteiger partial charge in [0.25, 0.3) is 0 Å². The summed E-state index contributed by atoms with van der Waals surface area (Å²) in [7, 11) is 0. The van der Waals surface area contributed by atoms with E-state index in [1.165, 1.54) is 11.1 Å². The lowest BCUT2D eigenvalue weighted by Gasteiger charge is -2.38. The van der Waals surface area contributed by atoms with E-state index in [2.05, 4.69) is 28.1 Å². The zero-order chi connectivity index (χ0) is 20.7. The standard InChI is InChI=1S/C24H28N4O2/c1-17(23(29)27-13-10-18-6-2-3-7-19(18)16-27)26-14-11-20(12-15-26)28-22-9-5-4-8-21(22)25-24(28)30/h2-9,17,20H,10-16H2,1H3,(H,25,30). The Labute approximate surface area is 176 Å². The van der Waals surface area contributed by atoms with Gasteiger partial charge < -0.3 is 9.88 Å². The molecule has 0 aliphatic carbocycles. The molecule has 1 unspecified atom stereocenters. The third kappa shape index (κ3) is 3.35. The average Bonchev–Trinajstić information content (AvgIpc) is 3.13. The van der Waals surface area contributed by atoms with Crippen LogP contribution in [-0.4, -0.2) is 50.9 Å². The number of piperidine rings is 1. The topological polar surface area (TPSA) is 61.3 Å². The van der Waals surface area contributed by atoms with Gasteiger partial charge in [-0.15, -0.1) is 0 Å². The first kappa shape index (κ1) is 19.1. The van der Waals surface area contributed by atoms with E-state index in [1.54, 1.807) is 0 Å². The molecule has 1 fully saturated rings. The molecule has 1 amide bonds. The Morgan fingerprint density at radius 3 is 2.50 bits per heavy atom. The zero-order valence-corrected chi connectivity index (χ0v) is 17.4. The molecule has 30 heavy (non-hydrogen) atoms. The number of imidazole rings is 1. The van der Waals surface area contributed by atoms with Crippen molar-refractivity contribution < 1.29 is 4.79 Å². The molecule has 1 N–H and O–H groups in total. The Kier molecular flexibility index (Phi) is 4.95. The van der Waals surface area contributed by atoms with Crippen molar-refractivity contribution in [1.29, 1.82) is 0 Å². The van der Waals surface area contributed by atoms with Gasteiger partial charge >= 0.3 is 5.69 Å². The number of aromatic nitrogens is 2. The molecule has 3 aromatic rings. The minimum Gasteiger partial charge on any atom is -0.337 e. The van der Waals surface area contributed by atoms with E-state index in [0.29, 0.717) is 6.54 Å². The molecule has 6 nitrogen and oxygen atoms in total. The number of hydrogen-bond acceptors (Lipinski definition) is 3. The minimum atomic E-state index is -0.129. The first-order chi connectivity index (χ1) is 14.6. The number of hydrogen-bond donors (Lipinski definition) is 1. The van der Waals surface area contributed by atoms with E-state index in [9.17, 15) is 9.59 Å². The van der Waals surface area contributed by atoms with Crippen molar-refractivity contribution in [3.63, 3.8) is 0 Å². The number of carbonyl (C=O) groups excluding carboxylic acids is 1. The van der Waals surface area contributed by atoms with Gasteiger partial charge in [-0.2, -0.15) is 0 Å². The normalized spacial score (nSPS) is 19.0. The smallest absolute Gasteiger partial charge is 0.326 e. The van der Waals surface area contributed by atoms with Gasteiger partial charge in [0, 0.05) is 32.2 Å². The number of likely N-dealkylation sites (tertiary alicyclic amines) is 1. The second-order valence-electron chi connectivity index (χ2n) is 8.54. The second kappa shape index (κ2) is 7.76. The Morgan fingerprint density at radius 2 is 1.70 bits per heavy atom. The van der Waals surface area contributed by atoms with Crippen molar-refractivity contribution in [2.24, 2.45) is 0 Å². The lowest BCUT2D eigenvalue weighted by atomic mass is 9.98. The van der Waals surface area contributed by atoms with Crippen LogP contribution in [0.2, 0.25) is 0 Å². The monoisotopic (exact) mass is 404 g/mol. The molecule has 2 aliphatic rings. The largest absolute Gasteiger partial charge is 0.337 e. The van der Waals surface area contributed by atoms with Crippen LogP contribution in [-0.2, 0) is 17.8 Å². The molecule has 0 radical (unpaired) electrons. The maximum Gasteiger partial charge on any atom is 0.326 e. The van der Waals surface area contributed by atoms with E-state index >= 15 is 0 Å². The van der Waals surface area contributed by atoms with Crippen molar-refractivity contribution in [3.8, 4) is 0 Å². The lowest BCUT2D eigenvalue weighted by Crippen LogP contribution is -2.51. The molecule has 0 bridgehead atoms. The van der Waals surface area contributed by atoms with Gasteiger partial charge in [0.2, 0.25) is 5.91 Å². The van der Waals surface area contributed by atoms with Gasteiger partial charge in [0.15, 0.2) is 0 Å². The number of carbonyl (C=O) groups is 1. The number of aromatic amines is 1. The summed E-state index contributed by atoms with van der Waals surface area (Å²) >= 11 is 0. The van der Waals surface area contributed by atoms with Crippen LogP contribution in [0, 0.1) is 0 Å².